The molecule has 92 valence electrons. The molecule has 2 rings (SSSR count). The maximum absolute atomic E-state index is 11.5. The van der Waals surface area contributed by atoms with E-state index in [4.69, 9.17) is 10.00 Å². The first-order valence-corrected chi connectivity index (χ1v) is 6.05. The van der Waals surface area contributed by atoms with Gasteiger partial charge in [-0.3, -0.25) is 0 Å². The van der Waals surface area contributed by atoms with Crippen LogP contribution in [-0.4, -0.2) is 25.3 Å². The number of hydrogen-bond donors (Lipinski definition) is 0. The third kappa shape index (κ3) is 2.34. The predicted molar refractivity (Wildman–Crippen MR) is 61.0 cm³/mol. The summed E-state index contributed by atoms with van der Waals surface area (Å²) >= 11 is 0. The molecule has 2 fully saturated rings. The molecule has 1 aliphatic carbocycles. The fourth-order valence-corrected chi connectivity index (χ4v) is 2.84. The average molecular weight is 235 g/mol. The van der Waals surface area contributed by atoms with E-state index in [1.54, 1.807) is 0 Å². The minimum atomic E-state index is -0.516. The number of carbonyl (C=O) groups excluding carboxylic acids is 1. The second-order valence-corrected chi connectivity index (χ2v) is 4.75. The highest BCUT2D eigenvalue weighted by molar-refractivity contribution is 5.93. The number of esters is 1. The smallest absolute Gasteiger partial charge is 0.348 e. The SMILES string of the molecule is COC(=O)/C(C#N)=C1\CCOC2(CCCC2)C1. The van der Waals surface area contributed by atoms with Crippen molar-refractivity contribution >= 4 is 5.97 Å². The van der Waals surface area contributed by atoms with Crippen LogP contribution in [0.4, 0.5) is 0 Å². The molecule has 17 heavy (non-hydrogen) atoms. The Labute approximate surface area is 101 Å². The highest BCUT2D eigenvalue weighted by atomic mass is 16.5. The monoisotopic (exact) mass is 235 g/mol. The normalized spacial score (nSPS) is 25.4. The summed E-state index contributed by atoms with van der Waals surface area (Å²) in [6.45, 7) is 0.609. The Hall–Kier alpha value is -1.34. The van der Waals surface area contributed by atoms with Crippen molar-refractivity contribution in [3.63, 3.8) is 0 Å². The van der Waals surface area contributed by atoms with Crippen molar-refractivity contribution in [1.82, 2.24) is 0 Å². The molecule has 1 heterocycles. The molecule has 2 aliphatic rings. The summed E-state index contributed by atoms with van der Waals surface area (Å²) in [5.74, 6) is -0.516. The molecule has 4 nitrogen and oxygen atoms in total. The molecule has 1 saturated carbocycles. The molecular formula is C13H17NO3. The van der Waals surface area contributed by atoms with Crippen molar-refractivity contribution in [3.05, 3.63) is 11.1 Å². The molecule has 0 aromatic rings. The summed E-state index contributed by atoms with van der Waals surface area (Å²) in [6, 6.07) is 1.98. The number of carbonyl (C=O) groups is 1. The van der Waals surface area contributed by atoms with Crippen molar-refractivity contribution in [1.29, 1.82) is 5.26 Å². The number of methoxy groups -OCH3 is 1. The van der Waals surface area contributed by atoms with Crippen LogP contribution >= 0.6 is 0 Å². The lowest BCUT2D eigenvalue weighted by Gasteiger charge is -2.35. The molecule has 4 heteroatoms. The number of nitrogens with zero attached hydrogens (tertiary/aromatic N) is 1. The summed E-state index contributed by atoms with van der Waals surface area (Å²) < 4.78 is 10.5. The third-order valence-electron chi connectivity index (χ3n) is 3.72. The van der Waals surface area contributed by atoms with E-state index >= 15 is 0 Å². The van der Waals surface area contributed by atoms with Crippen LogP contribution in [0.1, 0.15) is 38.5 Å². The molecule has 0 bridgehead atoms. The van der Waals surface area contributed by atoms with Crippen LogP contribution in [0.15, 0.2) is 11.1 Å². The highest BCUT2D eigenvalue weighted by Crippen LogP contribution is 2.42. The molecule has 1 aliphatic heterocycles. The number of nitriles is 1. The zero-order valence-electron chi connectivity index (χ0n) is 10.1. The lowest BCUT2D eigenvalue weighted by Crippen LogP contribution is -2.34. The van der Waals surface area contributed by atoms with Gasteiger partial charge in [0.2, 0.25) is 0 Å². The van der Waals surface area contributed by atoms with Gasteiger partial charge in [-0.2, -0.15) is 5.26 Å². The van der Waals surface area contributed by atoms with E-state index in [0.29, 0.717) is 19.4 Å². The second kappa shape index (κ2) is 4.89. The van der Waals surface area contributed by atoms with Crippen LogP contribution in [0.2, 0.25) is 0 Å². The van der Waals surface area contributed by atoms with Crippen LogP contribution in [-0.2, 0) is 14.3 Å². The molecule has 0 unspecified atom stereocenters. The van der Waals surface area contributed by atoms with Crippen LogP contribution in [0.3, 0.4) is 0 Å². The van der Waals surface area contributed by atoms with E-state index in [1.807, 2.05) is 6.07 Å². The lowest BCUT2D eigenvalue weighted by atomic mass is 9.86. The summed E-state index contributed by atoms with van der Waals surface area (Å²) in [5.41, 5.74) is 0.985. The Balaban J connectivity index is 2.23. The number of hydrogen-bond acceptors (Lipinski definition) is 4. The quantitative estimate of drug-likeness (QED) is 0.397. The summed E-state index contributed by atoms with van der Waals surface area (Å²) in [5, 5.41) is 9.06. The summed E-state index contributed by atoms with van der Waals surface area (Å²) in [7, 11) is 1.31. The fourth-order valence-electron chi connectivity index (χ4n) is 2.84. The van der Waals surface area contributed by atoms with Crippen LogP contribution in [0.5, 0.6) is 0 Å². The van der Waals surface area contributed by atoms with Crippen molar-refractivity contribution in [2.24, 2.45) is 0 Å². The first kappa shape index (κ1) is 12.1. The van der Waals surface area contributed by atoms with Crippen molar-refractivity contribution in [3.8, 4) is 6.07 Å². The van der Waals surface area contributed by atoms with Gasteiger partial charge in [-0.25, -0.2) is 4.79 Å². The van der Waals surface area contributed by atoms with E-state index in [1.165, 1.54) is 20.0 Å². The average Bonchev–Trinajstić information content (AvgIpc) is 2.78. The molecular weight excluding hydrogens is 218 g/mol. The van der Waals surface area contributed by atoms with Gasteiger partial charge in [0.15, 0.2) is 0 Å². The number of ether oxygens (including phenoxy) is 2. The van der Waals surface area contributed by atoms with Crippen LogP contribution in [0.25, 0.3) is 0 Å². The van der Waals surface area contributed by atoms with Crippen molar-refractivity contribution in [2.45, 2.75) is 44.1 Å². The van der Waals surface area contributed by atoms with Gasteiger partial charge >= 0.3 is 5.97 Å². The Bertz CT molecular complexity index is 386. The summed E-state index contributed by atoms with van der Waals surface area (Å²) in [6.07, 6.45) is 5.80. The zero-order valence-corrected chi connectivity index (χ0v) is 10.1. The Morgan fingerprint density at radius 2 is 2.18 bits per heavy atom. The van der Waals surface area contributed by atoms with Gasteiger partial charge in [-0.1, -0.05) is 12.8 Å². The molecule has 0 atom stereocenters. The van der Waals surface area contributed by atoms with E-state index < -0.39 is 5.97 Å². The lowest BCUT2D eigenvalue weighted by molar-refractivity contribution is -0.135. The summed E-state index contributed by atoms with van der Waals surface area (Å²) in [4.78, 5) is 11.5. The molecule has 0 amide bonds. The minimum absolute atomic E-state index is 0.107. The van der Waals surface area contributed by atoms with E-state index in [-0.39, 0.29) is 11.2 Å². The molecule has 0 aromatic carbocycles. The second-order valence-electron chi connectivity index (χ2n) is 4.75. The van der Waals surface area contributed by atoms with Gasteiger partial charge in [0.1, 0.15) is 11.6 Å². The predicted octanol–water partition coefficient (Wildman–Crippen LogP) is 2.10. The van der Waals surface area contributed by atoms with Gasteiger partial charge in [-0.15, -0.1) is 0 Å². The van der Waals surface area contributed by atoms with Gasteiger partial charge < -0.3 is 9.47 Å². The maximum atomic E-state index is 11.5. The van der Waals surface area contributed by atoms with Gasteiger partial charge in [0.05, 0.1) is 19.3 Å². The van der Waals surface area contributed by atoms with E-state index in [0.717, 1.165) is 18.4 Å². The Morgan fingerprint density at radius 3 is 2.76 bits per heavy atom. The zero-order chi connectivity index (χ0) is 12.3. The number of rotatable bonds is 1. The van der Waals surface area contributed by atoms with Gasteiger partial charge in [0, 0.05) is 0 Å². The molecule has 0 N–H and O–H groups in total. The Morgan fingerprint density at radius 1 is 1.47 bits per heavy atom. The largest absolute Gasteiger partial charge is 0.465 e. The van der Waals surface area contributed by atoms with Crippen molar-refractivity contribution < 1.29 is 14.3 Å². The highest BCUT2D eigenvalue weighted by Gasteiger charge is 2.39. The van der Waals surface area contributed by atoms with Crippen LogP contribution < -0.4 is 0 Å². The van der Waals surface area contributed by atoms with Gasteiger partial charge in [0.25, 0.3) is 0 Å². The molecule has 1 saturated heterocycles. The minimum Gasteiger partial charge on any atom is -0.465 e. The Kier molecular flexibility index (Phi) is 3.49. The van der Waals surface area contributed by atoms with Crippen LogP contribution in [0, 0.1) is 11.3 Å². The first-order valence-electron chi connectivity index (χ1n) is 6.05. The molecule has 0 aromatic heterocycles. The molecule has 0 radical (unpaired) electrons. The van der Waals surface area contributed by atoms with E-state index in [2.05, 4.69) is 4.74 Å². The van der Waals surface area contributed by atoms with Gasteiger partial charge in [-0.05, 0) is 31.3 Å². The van der Waals surface area contributed by atoms with E-state index in [9.17, 15) is 4.79 Å². The fraction of sp³-hybridized carbons (Fsp3) is 0.692. The first-order chi connectivity index (χ1) is 8.21. The maximum Gasteiger partial charge on any atom is 0.348 e. The molecule has 1 spiro atoms. The topological polar surface area (TPSA) is 59.3 Å². The third-order valence-corrected chi connectivity index (χ3v) is 3.72. The standard InChI is InChI=1S/C13H17NO3/c1-16-12(15)11(9-14)10-4-7-17-13(8-10)5-2-3-6-13/h2-8H2,1H3/b11-10+. The van der Waals surface area contributed by atoms with Crippen molar-refractivity contribution in [2.75, 3.05) is 13.7 Å².